The van der Waals surface area contributed by atoms with E-state index in [2.05, 4.69) is 15.9 Å². The van der Waals surface area contributed by atoms with Gasteiger partial charge in [0.05, 0.1) is 5.56 Å². The molecule has 0 aromatic heterocycles. The summed E-state index contributed by atoms with van der Waals surface area (Å²) in [6, 6.07) is 4.47. The molecular weight excluding hydrogens is 259 g/mol. The molecule has 1 aromatic rings. The molecule has 0 saturated heterocycles. The van der Waals surface area contributed by atoms with Crippen LogP contribution < -0.4 is 0 Å². The van der Waals surface area contributed by atoms with Crippen molar-refractivity contribution in [3.63, 3.8) is 0 Å². The third-order valence-corrected chi connectivity index (χ3v) is 3.04. The summed E-state index contributed by atoms with van der Waals surface area (Å²) in [5.41, 5.74) is 0.193. The Bertz CT molecular complexity index is 359. The third-order valence-electron chi connectivity index (χ3n) is 2.55. The van der Waals surface area contributed by atoms with Crippen LogP contribution in [0.4, 0.5) is 4.39 Å². The Kier molecular flexibility index (Phi) is 4.45. The maximum absolute atomic E-state index is 13.4. The number of halogens is 2. The van der Waals surface area contributed by atoms with E-state index in [9.17, 15) is 9.18 Å². The van der Waals surface area contributed by atoms with Crippen LogP contribution in [-0.2, 0) is 0 Å². The first-order chi connectivity index (χ1) is 7.10. The molecule has 1 rings (SSSR count). The molecule has 0 aliphatic carbocycles. The number of carbonyl (C=O) groups is 1. The fourth-order valence-electron chi connectivity index (χ4n) is 1.57. The van der Waals surface area contributed by atoms with E-state index in [0.717, 1.165) is 17.3 Å². The highest BCUT2D eigenvalue weighted by Gasteiger charge is 2.19. The summed E-state index contributed by atoms with van der Waals surface area (Å²) < 4.78 is 14.1. The smallest absolute Gasteiger partial charge is 0.168 e. The first-order valence-electron chi connectivity index (χ1n) is 5.09. The molecule has 0 aliphatic rings. The number of ketones is 1. The van der Waals surface area contributed by atoms with Crippen molar-refractivity contribution in [2.24, 2.45) is 5.92 Å². The Balaban J connectivity index is 3.04. The molecule has 3 heteroatoms. The van der Waals surface area contributed by atoms with Crippen LogP contribution in [0.15, 0.2) is 22.7 Å². The molecule has 1 aromatic carbocycles. The molecule has 1 nitrogen and oxygen atoms in total. The molecule has 0 unspecified atom stereocenters. The minimum atomic E-state index is -0.435. The third kappa shape index (κ3) is 2.88. The van der Waals surface area contributed by atoms with Gasteiger partial charge >= 0.3 is 0 Å². The summed E-state index contributed by atoms with van der Waals surface area (Å²) in [5.74, 6) is -0.609. The largest absolute Gasteiger partial charge is 0.294 e. The molecule has 15 heavy (non-hydrogen) atoms. The monoisotopic (exact) mass is 272 g/mol. The van der Waals surface area contributed by atoms with Crippen LogP contribution in [-0.4, -0.2) is 5.78 Å². The minimum Gasteiger partial charge on any atom is -0.294 e. The summed E-state index contributed by atoms with van der Waals surface area (Å²) in [6.07, 6.45) is 1.50. The molecule has 0 radical (unpaired) electrons. The van der Waals surface area contributed by atoms with E-state index in [1.807, 2.05) is 13.8 Å². The molecule has 0 spiro atoms. The molecule has 82 valence electrons. The number of benzene rings is 1. The molecule has 0 aliphatic heterocycles. The first-order valence-corrected chi connectivity index (χ1v) is 5.88. The van der Waals surface area contributed by atoms with Gasteiger partial charge in [0, 0.05) is 10.4 Å². The van der Waals surface area contributed by atoms with Crippen molar-refractivity contribution < 1.29 is 9.18 Å². The van der Waals surface area contributed by atoms with Crippen LogP contribution in [0.1, 0.15) is 37.0 Å². The SMILES string of the molecule is CCC(CC)C(=O)c1cc(Br)ccc1F. The van der Waals surface area contributed by atoms with Gasteiger partial charge in [-0.15, -0.1) is 0 Å². The Morgan fingerprint density at radius 3 is 2.53 bits per heavy atom. The van der Waals surface area contributed by atoms with Crippen molar-refractivity contribution in [2.75, 3.05) is 0 Å². The van der Waals surface area contributed by atoms with Crippen LogP contribution in [0.25, 0.3) is 0 Å². The molecule has 0 amide bonds. The van der Waals surface area contributed by atoms with Crippen molar-refractivity contribution in [1.82, 2.24) is 0 Å². The highest BCUT2D eigenvalue weighted by molar-refractivity contribution is 9.10. The van der Waals surface area contributed by atoms with Gasteiger partial charge in [-0.25, -0.2) is 4.39 Å². The number of hydrogen-bond donors (Lipinski definition) is 0. The normalized spacial score (nSPS) is 10.7. The van der Waals surface area contributed by atoms with E-state index in [1.165, 1.54) is 6.07 Å². The summed E-state index contributed by atoms with van der Waals surface area (Å²) in [5, 5.41) is 0. The molecule has 0 fully saturated rings. The lowest BCUT2D eigenvalue weighted by Gasteiger charge is -2.11. The number of hydrogen-bond acceptors (Lipinski definition) is 1. The van der Waals surface area contributed by atoms with Gasteiger partial charge < -0.3 is 0 Å². The van der Waals surface area contributed by atoms with Crippen molar-refractivity contribution in [2.45, 2.75) is 26.7 Å². The van der Waals surface area contributed by atoms with Gasteiger partial charge in [-0.2, -0.15) is 0 Å². The average molecular weight is 273 g/mol. The van der Waals surface area contributed by atoms with Crippen molar-refractivity contribution in [1.29, 1.82) is 0 Å². The second-order valence-electron chi connectivity index (χ2n) is 3.50. The molecule has 0 atom stereocenters. The number of carbonyl (C=O) groups excluding carboxylic acids is 1. The second kappa shape index (κ2) is 5.40. The first kappa shape index (κ1) is 12.4. The van der Waals surface area contributed by atoms with Crippen molar-refractivity contribution >= 4 is 21.7 Å². The van der Waals surface area contributed by atoms with E-state index in [4.69, 9.17) is 0 Å². The summed E-state index contributed by atoms with van der Waals surface area (Å²) in [7, 11) is 0. The zero-order chi connectivity index (χ0) is 11.4. The molecule has 0 saturated carbocycles. The van der Waals surface area contributed by atoms with Crippen LogP contribution in [0.5, 0.6) is 0 Å². The zero-order valence-electron chi connectivity index (χ0n) is 8.89. The Hall–Kier alpha value is -0.700. The van der Waals surface area contributed by atoms with Gasteiger partial charge in [0.1, 0.15) is 5.82 Å². The maximum atomic E-state index is 13.4. The lowest BCUT2D eigenvalue weighted by molar-refractivity contribution is 0.0909. The van der Waals surface area contributed by atoms with Gasteiger partial charge in [-0.3, -0.25) is 4.79 Å². The highest BCUT2D eigenvalue weighted by atomic mass is 79.9. The van der Waals surface area contributed by atoms with Crippen LogP contribution >= 0.6 is 15.9 Å². The van der Waals surface area contributed by atoms with Crippen LogP contribution in [0, 0.1) is 11.7 Å². The van der Waals surface area contributed by atoms with Crippen molar-refractivity contribution in [3.8, 4) is 0 Å². The van der Waals surface area contributed by atoms with Gasteiger partial charge in [0.15, 0.2) is 5.78 Å². The zero-order valence-corrected chi connectivity index (χ0v) is 10.5. The van der Waals surface area contributed by atoms with Crippen LogP contribution in [0.2, 0.25) is 0 Å². The standard InChI is InChI=1S/C12H14BrFO/c1-3-8(4-2)12(15)10-7-9(13)5-6-11(10)14/h5-8H,3-4H2,1-2H3. The molecule has 0 N–H and O–H groups in total. The summed E-state index contributed by atoms with van der Waals surface area (Å²) in [4.78, 5) is 11.9. The molecule has 0 heterocycles. The predicted octanol–water partition coefficient (Wildman–Crippen LogP) is 4.21. The fourth-order valence-corrected chi connectivity index (χ4v) is 1.93. The van der Waals surface area contributed by atoms with Crippen LogP contribution in [0.3, 0.4) is 0 Å². The van der Waals surface area contributed by atoms with E-state index in [0.29, 0.717) is 0 Å². The van der Waals surface area contributed by atoms with Gasteiger partial charge in [-0.1, -0.05) is 29.8 Å². The lowest BCUT2D eigenvalue weighted by Crippen LogP contribution is -2.14. The van der Waals surface area contributed by atoms with E-state index >= 15 is 0 Å². The number of Topliss-reactive ketones (excluding diaryl/α,β-unsaturated/α-hetero) is 1. The summed E-state index contributed by atoms with van der Waals surface area (Å²) >= 11 is 3.24. The number of rotatable bonds is 4. The maximum Gasteiger partial charge on any atom is 0.168 e. The van der Waals surface area contributed by atoms with E-state index in [1.54, 1.807) is 12.1 Å². The Morgan fingerprint density at radius 2 is 2.00 bits per heavy atom. The average Bonchev–Trinajstić information content (AvgIpc) is 2.23. The predicted molar refractivity (Wildman–Crippen MR) is 62.5 cm³/mol. The topological polar surface area (TPSA) is 17.1 Å². The molecular formula is C12H14BrFO. The van der Waals surface area contributed by atoms with E-state index < -0.39 is 5.82 Å². The minimum absolute atomic E-state index is 0.0752. The lowest BCUT2D eigenvalue weighted by atomic mass is 9.93. The molecule has 0 bridgehead atoms. The Labute approximate surface area is 97.8 Å². The fraction of sp³-hybridized carbons (Fsp3) is 0.417. The van der Waals surface area contributed by atoms with Gasteiger partial charge in [0.2, 0.25) is 0 Å². The van der Waals surface area contributed by atoms with Gasteiger partial charge in [-0.05, 0) is 31.0 Å². The highest BCUT2D eigenvalue weighted by Crippen LogP contribution is 2.21. The van der Waals surface area contributed by atoms with E-state index in [-0.39, 0.29) is 17.3 Å². The quantitative estimate of drug-likeness (QED) is 0.751. The summed E-state index contributed by atoms with van der Waals surface area (Å²) in [6.45, 7) is 3.89. The van der Waals surface area contributed by atoms with Crippen molar-refractivity contribution in [3.05, 3.63) is 34.1 Å². The Morgan fingerprint density at radius 1 is 1.40 bits per heavy atom. The second-order valence-corrected chi connectivity index (χ2v) is 4.42. The van der Waals surface area contributed by atoms with Gasteiger partial charge in [0.25, 0.3) is 0 Å².